The minimum absolute atomic E-state index is 0.0869. The molecule has 0 rings (SSSR count). The minimum Gasteiger partial charge on any atom is -0.462 e. The third-order valence-electron chi connectivity index (χ3n) is 10.8. The zero-order valence-electron chi connectivity index (χ0n) is 39.0. The molecule has 0 aromatic heterocycles. The lowest BCUT2D eigenvalue weighted by Gasteiger charge is -2.18. The highest BCUT2D eigenvalue weighted by Crippen LogP contribution is 2.16. The molecule has 0 radical (unpaired) electrons. The Kier molecular flexibility index (Phi) is 45.9. The zero-order chi connectivity index (χ0) is 43.0. The fourth-order valence-electron chi connectivity index (χ4n) is 7.08. The smallest absolute Gasteiger partial charge is 0.306 e. The zero-order valence-corrected chi connectivity index (χ0v) is 39.0. The maximum Gasteiger partial charge on any atom is 0.306 e. The van der Waals surface area contributed by atoms with Crippen LogP contribution in [-0.4, -0.2) is 37.2 Å². The maximum absolute atomic E-state index is 12.7. The van der Waals surface area contributed by atoms with E-state index in [9.17, 15) is 14.4 Å². The Bertz CT molecular complexity index is 1040. The van der Waals surface area contributed by atoms with E-state index in [4.69, 9.17) is 14.2 Å². The van der Waals surface area contributed by atoms with Crippen LogP contribution in [0.1, 0.15) is 252 Å². The fourth-order valence-corrected chi connectivity index (χ4v) is 7.08. The molecule has 342 valence electrons. The van der Waals surface area contributed by atoms with Crippen molar-refractivity contribution in [3.63, 3.8) is 0 Å². The molecule has 6 nitrogen and oxygen atoms in total. The van der Waals surface area contributed by atoms with Crippen LogP contribution in [0.25, 0.3) is 0 Å². The molecule has 0 spiro atoms. The van der Waals surface area contributed by atoms with Crippen LogP contribution in [-0.2, 0) is 28.6 Å². The summed E-state index contributed by atoms with van der Waals surface area (Å²) >= 11 is 0. The quantitative estimate of drug-likeness (QED) is 0.0263. The maximum atomic E-state index is 12.7. The molecule has 59 heavy (non-hydrogen) atoms. The van der Waals surface area contributed by atoms with Crippen LogP contribution in [0.2, 0.25) is 0 Å². The molecule has 0 bridgehead atoms. The number of unbranched alkanes of at least 4 members (excludes halogenated alkanes) is 26. The lowest BCUT2D eigenvalue weighted by Crippen LogP contribution is -2.30. The van der Waals surface area contributed by atoms with Crippen molar-refractivity contribution >= 4 is 17.9 Å². The number of rotatable bonds is 45. The molecule has 1 atom stereocenters. The van der Waals surface area contributed by atoms with Crippen molar-refractivity contribution in [1.82, 2.24) is 0 Å². The average molecular weight is 827 g/mol. The Morgan fingerprint density at radius 2 is 0.661 bits per heavy atom. The van der Waals surface area contributed by atoms with Crippen LogP contribution in [0.3, 0.4) is 0 Å². The first-order valence-electron chi connectivity index (χ1n) is 25.1. The van der Waals surface area contributed by atoms with Crippen molar-refractivity contribution < 1.29 is 28.6 Å². The third-order valence-corrected chi connectivity index (χ3v) is 10.8. The second kappa shape index (κ2) is 48.0. The van der Waals surface area contributed by atoms with Gasteiger partial charge >= 0.3 is 17.9 Å². The van der Waals surface area contributed by atoms with Crippen LogP contribution < -0.4 is 0 Å². The van der Waals surface area contributed by atoms with Gasteiger partial charge in [0.1, 0.15) is 13.2 Å². The lowest BCUT2D eigenvalue weighted by atomic mass is 10.0. The van der Waals surface area contributed by atoms with E-state index < -0.39 is 6.10 Å². The number of hydrogen-bond acceptors (Lipinski definition) is 6. The van der Waals surface area contributed by atoms with E-state index in [2.05, 4.69) is 69.4 Å². The van der Waals surface area contributed by atoms with Gasteiger partial charge in [0.2, 0.25) is 0 Å². The van der Waals surface area contributed by atoms with Gasteiger partial charge < -0.3 is 14.2 Å². The summed E-state index contributed by atoms with van der Waals surface area (Å²) < 4.78 is 16.7. The monoisotopic (exact) mass is 827 g/mol. The largest absolute Gasteiger partial charge is 0.462 e. The molecule has 6 heteroatoms. The molecule has 0 aliphatic rings. The van der Waals surface area contributed by atoms with E-state index in [-0.39, 0.29) is 37.5 Å². The lowest BCUT2D eigenvalue weighted by molar-refractivity contribution is -0.167. The number of allylic oxidation sites excluding steroid dienone is 8. The van der Waals surface area contributed by atoms with Gasteiger partial charge in [-0.05, 0) is 57.8 Å². The highest BCUT2D eigenvalue weighted by molar-refractivity contribution is 5.71. The van der Waals surface area contributed by atoms with Crippen molar-refractivity contribution in [3.05, 3.63) is 48.6 Å². The highest BCUT2D eigenvalue weighted by Gasteiger charge is 2.19. The van der Waals surface area contributed by atoms with E-state index in [1.54, 1.807) is 0 Å². The third kappa shape index (κ3) is 46.3. The topological polar surface area (TPSA) is 78.9 Å². The van der Waals surface area contributed by atoms with E-state index in [1.807, 2.05) is 0 Å². The summed E-state index contributed by atoms with van der Waals surface area (Å²) in [6, 6.07) is 0. The molecule has 0 fully saturated rings. The summed E-state index contributed by atoms with van der Waals surface area (Å²) in [5.74, 6) is -0.929. The van der Waals surface area contributed by atoms with Gasteiger partial charge in [-0.15, -0.1) is 0 Å². The molecule has 1 unspecified atom stereocenters. The first-order chi connectivity index (χ1) is 29.0. The summed E-state index contributed by atoms with van der Waals surface area (Å²) in [7, 11) is 0. The van der Waals surface area contributed by atoms with Crippen LogP contribution in [0.15, 0.2) is 48.6 Å². The van der Waals surface area contributed by atoms with Gasteiger partial charge in [-0.2, -0.15) is 0 Å². The van der Waals surface area contributed by atoms with Crippen molar-refractivity contribution in [2.75, 3.05) is 13.2 Å². The Morgan fingerprint density at radius 3 is 1.03 bits per heavy atom. The van der Waals surface area contributed by atoms with Gasteiger partial charge in [0.15, 0.2) is 6.10 Å². The van der Waals surface area contributed by atoms with Gasteiger partial charge in [0, 0.05) is 19.3 Å². The van der Waals surface area contributed by atoms with Gasteiger partial charge in [0.25, 0.3) is 0 Å². The van der Waals surface area contributed by atoms with Crippen LogP contribution in [0, 0.1) is 0 Å². The molecule has 0 heterocycles. The summed E-state index contributed by atoms with van der Waals surface area (Å²) in [6.45, 7) is 6.46. The van der Waals surface area contributed by atoms with Crippen molar-refractivity contribution in [1.29, 1.82) is 0 Å². The number of ether oxygens (including phenoxy) is 3. The van der Waals surface area contributed by atoms with Gasteiger partial charge in [-0.25, -0.2) is 0 Å². The molecule has 0 saturated heterocycles. The molecule has 0 aromatic carbocycles. The Labute approximate surface area is 365 Å². The van der Waals surface area contributed by atoms with Gasteiger partial charge in [-0.1, -0.05) is 223 Å². The number of carbonyl (C=O) groups excluding carboxylic acids is 3. The summed E-state index contributed by atoms with van der Waals surface area (Å²) in [5, 5.41) is 0. The molecule has 0 aliphatic carbocycles. The number of esters is 3. The summed E-state index contributed by atoms with van der Waals surface area (Å²) in [5.41, 5.74) is 0. The van der Waals surface area contributed by atoms with Crippen LogP contribution in [0.5, 0.6) is 0 Å². The number of carbonyl (C=O) groups is 3. The average Bonchev–Trinajstić information content (AvgIpc) is 3.23. The summed E-state index contributed by atoms with van der Waals surface area (Å²) in [6.07, 6.45) is 56.9. The summed E-state index contributed by atoms with van der Waals surface area (Å²) in [4.78, 5) is 37.7. The second-order valence-corrected chi connectivity index (χ2v) is 16.7. The number of hydrogen-bond donors (Lipinski definition) is 0. The molecule has 0 N–H and O–H groups in total. The van der Waals surface area contributed by atoms with Crippen molar-refractivity contribution in [2.24, 2.45) is 0 Å². The fraction of sp³-hybridized carbons (Fsp3) is 0.792. The predicted molar refractivity (Wildman–Crippen MR) is 252 cm³/mol. The predicted octanol–water partition coefficient (Wildman–Crippen LogP) is 16.3. The first-order valence-corrected chi connectivity index (χ1v) is 25.1. The van der Waals surface area contributed by atoms with Gasteiger partial charge in [0.05, 0.1) is 0 Å². The Morgan fingerprint density at radius 1 is 0.356 bits per heavy atom. The normalized spacial score (nSPS) is 12.4. The highest BCUT2D eigenvalue weighted by atomic mass is 16.6. The molecular weight excluding hydrogens is 733 g/mol. The minimum atomic E-state index is -0.788. The SMILES string of the molecule is CC/C=C\C/C=C\C/C=C\C/C=C\CCCCC(=O)OC(COC(=O)CCCCCCCCC)COC(=O)CCCCCCCCCCCCCCCCCCCCC. The standard InChI is InChI=1S/C53H94O6/c1-4-7-10-13-16-18-20-22-24-25-26-27-29-30-32-34-37-40-43-46-52(55)58-49-50(48-57-51(54)45-42-39-36-15-12-9-6-3)59-53(56)47-44-41-38-35-33-31-28-23-21-19-17-14-11-8-5-2/h8,11,17,19,23,28,33,35,50H,4-7,9-10,12-16,18,20-22,24-27,29-32,34,36-49H2,1-3H3/b11-8-,19-17-,28-23-,35-33-. The molecule has 0 aliphatic heterocycles. The Hall–Kier alpha value is -2.63. The van der Waals surface area contributed by atoms with Crippen LogP contribution in [0.4, 0.5) is 0 Å². The first kappa shape index (κ1) is 56.4. The molecule has 0 amide bonds. The van der Waals surface area contributed by atoms with Crippen LogP contribution >= 0.6 is 0 Å². The van der Waals surface area contributed by atoms with Crippen molar-refractivity contribution in [3.8, 4) is 0 Å². The van der Waals surface area contributed by atoms with E-state index >= 15 is 0 Å². The van der Waals surface area contributed by atoms with E-state index in [0.29, 0.717) is 19.3 Å². The van der Waals surface area contributed by atoms with E-state index in [0.717, 1.165) is 77.0 Å². The molecular formula is C53H94O6. The van der Waals surface area contributed by atoms with Gasteiger partial charge in [-0.3, -0.25) is 14.4 Å². The Balaban J connectivity index is 4.27. The second-order valence-electron chi connectivity index (χ2n) is 16.7. The van der Waals surface area contributed by atoms with Crippen molar-refractivity contribution in [2.45, 2.75) is 258 Å². The molecule has 0 saturated carbocycles. The molecule has 0 aromatic rings. The van der Waals surface area contributed by atoms with E-state index in [1.165, 1.54) is 128 Å².